The van der Waals surface area contributed by atoms with Crippen LogP contribution in [0, 0.1) is 0 Å². The minimum Gasteiger partial charge on any atom is -0.291 e. The topological polar surface area (TPSA) is 6.48 Å². The highest BCUT2D eigenvalue weighted by atomic mass is 15.4. The summed E-state index contributed by atoms with van der Waals surface area (Å²) >= 11 is 0. The summed E-state index contributed by atoms with van der Waals surface area (Å²) in [6.45, 7) is 5.91. The van der Waals surface area contributed by atoms with Gasteiger partial charge in [0, 0.05) is 18.6 Å². The van der Waals surface area contributed by atoms with Crippen LogP contribution >= 0.6 is 0 Å². The maximum Gasteiger partial charge on any atom is 0.0639 e. The normalized spacial score (nSPS) is 39.3. The first-order valence-corrected chi connectivity index (χ1v) is 4.68. The molecule has 0 saturated carbocycles. The molecule has 0 aliphatic carbocycles. The maximum atomic E-state index is 2.64. The first-order valence-electron chi connectivity index (χ1n) is 4.68. The van der Waals surface area contributed by atoms with Gasteiger partial charge in [0.2, 0.25) is 0 Å². The van der Waals surface area contributed by atoms with E-state index in [0.717, 1.165) is 18.2 Å². The second-order valence-electron chi connectivity index (χ2n) is 4.18. The zero-order valence-corrected chi connectivity index (χ0v) is 7.75. The van der Waals surface area contributed by atoms with Crippen LogP contribution in [0.15, 0.2) is 0 Å². The molecular weight excluding hydrogens is 136 g/mol. The summed E-state index contributed by atoms with van der Waals surface area (Å²) in [5.41, 5.74) is 0. The Balaban J connectivity index is 2.04. The van der Waals surface area contributed by atoms with Crippen LogP contribution in [-0.4, -0.2) is 41.6 Å². The average molecular weight is 154 g/mol. The molecule has 0 aromatic rings. The Morgan fingerprint density at radius 1 is 1.36 bits per heavy atom. The molecule has 0 aromatic heterocycles. The minimum atomic E-state index is 0.738. The Morgan fingerprint density at radius 3 is 2.45 bits per heavy atom. The summed E-state index contributed by atoms with van der Waals surface area (Å²) < 4.78 is 0. The number of rotatable bonds is 1. The van der Waals surface area contributed by atoms with E-state index in [4.69, 9.17) is 0 Å². The fraction of sp³-hybridized carbons (Fsp3) is 1.00. The molecule has 3 aliphatic heterocycles. The lowest BCUT2D eigenvalue weighted by atomic mass is 9.88. The molecular formula is C9H18N2. The second kappa shape index (κ2) is 2.46. The van der Waals surface area contributed by atoms with E-state index in [-0.39, 0.29) is 0 Å². The van der Waals surface area contributed by atoms with Crippen LogP contribution in [0.2, 0.25) is 0 Å². The van der Waals surface area contributed by atoms with Gasteiger partial charge in [-0.1, -0.05) is 0 Å². The van der Waals surface area contributed by atoms with Crippen molar-refractivity contribution in [1.82, 2.24) is 9.80 Å². The molecule has 2 heteroatoms. The van der Waals surface area contributed by atoms with Gasteiger partial charge in [-0.2, -0.15) is 0 Å². The van der Waals surface area contributed by atoms with Crippen LogP contribution in [-0.2, 0) is 0 Å². The van der Waals surface area contributed by atoms with Gasteiger partial charge in [-0.05, 0) is 33.7 Å². The van der Waals surface area contributed by atoms with Gasteiger partial charge < -0.3 is 0 Å². The highest BCUT2D eigenvalue weighted by molar-refractivity contribution is 4.97. The van der Waals surface area contributed by atoms with E-state index >= 15 is 0 Å². The molecule has 3 rings (SSSR count). The number of hydrogen-bond donors (Lipinski definition) is 0. The summed E-state index contributed by atoms with van der Waals surface area (Å²) in [5, 5.41) is 0. The van der Waals surface area contributed by atoms with Gasteiger partial charge in [0.15, 0.2) is 0 Å². The van der Waals surface area contributed by atoms with E-state index in [1.165, 1.54) is 19.4 Å². The first kappa shape index (κ1) is 7.56. The molecule has 0 amide bonds. The molecule has 3 saturated heterocycles. The van der Waals surface area contributed by atoms with Crippen LogP contribution in [0.5, 0.6) is 0 Å². The molecule has 3 heterocycles. The van der Waals surface area contributed by atoms with Crippen LogP contribution in [0.25, 0.3) is 0 Å². The quantitative estimate of drug-likeness (QED) is 0.558. The molecule has 0 spiro atoms. The van der Waals surface area contributed by atoms with Gasteiger partial charge in [-0.25, -0.2) is 0 Å². The second-order valence-corrected chi connectivity index (χ2v) is 4.18. The van der Waals surface area contributed by atoms with Crippen LogP contribution in [0.4, 0.5) is 0 Å². The lowest BCUT2D eigenvalue weighted by molar-refractivity contribution is -0.132. The molecule has 64 valence electrons. The fourth-order valence-corrected chi connectivity index (χ4v) is 2.53. The summed E-state index contributed by atoms with van der Waals surface area (Å²) in [6, 6.07) is 1.65. The van der Waals surface area contributed by atoms with Gasteiger partial charge in [0.25, 0.3) is 0 Å². The Morgan fingerprint density at radius 2 is 2.09 bits per heavy atom. The van der Waals surface area contributed by atoms with E-state index in [2.05, 4.69) is 30.7 Å². The number of piperidine rings is 1. The highest BCUT2D eigenvalue weighted by Crippen LogP contribution is 2.36. The molecule has 2 bridgehead atoms. The summed E-state index contributed by atoms with van der Waals surface area (Å²) in [7, 11) is 2.25. The Kier molecular flexibility index (Phi) is 1.69. The lowest BCUT2D eigenvalue weighted by Crippen LogP contribution is -2.69. The Labute approximate surface area is 69.2 Å². The van der Waals surface area contributed by atoms with Gasteiger partial charge in [-0.3, -0.25) is 9.80 Å². The van der Waals surface area contributed by atoms with E-state index in [9.17, 15) is 0 Å². The Hall–Kier alpha value is -0.0800. The molecule has 0 radical (unpaired) electrons. The first-order chi connectivity index (χ1) is 5.20. The van der Waals surface area contributed by atoms with Crippen LogP contribution in [0.3, 0.4) is 0 Å². The van der Waals surface area contributed by atoms with Crippen molar-refractivity contribution in [2.45, 2.75) is 44.9 Å². The predicted molar refractivity (Wildman–Crippen MR) is 46.4 cm³/mol. The van der Waals surface area contributed by atoms with Gasteiger partial charge in [0.1, 0.15) is 0 Å². The summed E-state index contributed by atoms with van der Waals surface area (Å²) in [6.07, 6.45) is 3.56. The van der Waals surface area contributed by atoms with Crippen LogP contribution in [0.1, 0.15) is 26.7 Å². The lowest BCUT2D eigenvalue weighted by Gasteiger charge is -2.59. The van der Waals surface area contributed by atoms with Crippen molar-refractivity contribution in [2.24, 2.45) is 0 Å². The summed E-state index contributed by atoms with van der Waals surface area (Å²) in [4.78, 5) is 5.13. The SMILES string of the molecule is CC(C)N1C2CCN(C)C1C2. The van der Waals surface area contributed by atoms with Crippen molar-refractivity contribution < 1.29 is 0 Å². The van der Waals surface area contributed by atoms with Crippen molar-refractivity contribution in [1.29, 1.82) is 0 Å². The highest BCUT2D eigenvalue weighted by Gasteiger charge is 2.45. The smallest absolute Gasteiger partial charge is 0.0639 e. The molecule has 2 nitrogen and oxygen atoms in total. The largest absolute Gasteiger partial charge is 0.291 e. The van der Waals surface area contributed by atoms with E-state index in [1.807, 2.05) is 0 Å². The van der Waals surface area contributed by atoms with Crippen molar-refractivity contribution >= 4 is 0 Å². The monoisotopic (exact) mass is 154 g/mol. The van der Waals surface area contributed by atoms with Crippen molar-refractivity contribution in [2.75, 3.05) is 13.6 Å². The number of nitrogens with zero attached hydrogens (tertiary/aromatic N) is 2. The summed E-state index contributed by atoms with van der Waals surface area (Å²) in [5.74, 6) is 0. The van der Waals surface area contributed by atoms with E-state index in [0.29, 0.717) is 0 Å². The van der Waals surface area contributed by atoms with Crippen molar-refractivity contribution in [3.8, 4) is 0 Å². The molecule has 3 aliphatic rings. The molecule has 0 aromatic carbocycles. The zero-order valence-electron chi connectivity index (χ0n) is 7.75. The Bertz CT molecular complexity index is 154. The predicted octanol–water partition coefficient (Wildman–Crippen LogP) is 1.13. The van der Waals surface area contributed by atoms with Crippen LogP contribution < -0.4 is 0 Å². The fourth-order valence-electron chi connectivity index (χ4n) is 2.53. The number of fused-ring (bicyclic) bond motifs is 2. The molecule has 0 N–H and O–H groups in total. The van der Waals surface area contributed by atoms with Gasteiger partial charge >= 0.3 is 0 Å². The third kappa shape index (κ3) is 1.00. The minimum absolute atomic E-state index is 0.738. The number of hydrogen-bond acceptors (Lipinski definition) is 2. The third-order valence-electron chi connectivity index (χ3n) is 3.17. The molecule has 11 heavy (non-hydrogen) atoms. The molecule has 2 atom stereocenters. The third-order valence-corrected chi connectivity index (χ3v) is 3.17. The van der Waals surface area contributed by atoms with E-state index < -0.39 is 0 Å². The van der Waals surface area contributed by atoms with Crippen molar-refractivity contribution in [3.63, 3.8) is 0 Å². The zero-order chi connectivity index (χ0) is 8.01. The average Bonchev–Trinajstić information content (AvgIpc) is 1.84. The standard InChI is InChI=1S/C9H18N2/c1-7(2)11-8-4-5-10(3)9(11)6-8/h7-9H,4-6H2,1-3H3. The van der Waals surface area contributed by atoms with E-state index in [1.54, 1.807) is 0 Å². The van der Waals surface area contributed by atoms with Gasteiger partial charge in [0.05, 0.1) is 6.17 Å². The molecule has 3 fully saturated rings. The maximum absolute atomic E-state index is 2.64. The van der Waals surface area contributed by atoms with Crippen molar-refractivity contribution in [3.05, 3.63) is 0 Å². The van der Waals surface area contributed by atoms with Gasteiger partial charge in [-0.15, -0.1) is 0 Å². The molecule has 2 unspecified atom stereocenters.